The number of hydrogen-bond acceptors (Lipinski definition) is 3. The van der Waals surface area contributed by atoms with Gasteiger partial charge in [0.15, 0.2) is 5.65 Å². The summed E-state index contributed by atoms with van der Waals surface area (Å²) in [6.07, 6.45) is -1.26. The number of aromatic nitrogens is 3. The fraction of sp³-hybridized carbons (Fsp3) is 0.0870. The van der Waals surface area contributed by atoms with Crippen LogP contribution in [0.4, 0.5) is 18.9 Å². The lowest BCUT2D eigenvalue weighted by atomic mass is 10.1. The Morgan fingerprint density at radius 3 is 2.71 bits per heavy atom. The third-order valence-corrected chi connectivity index (χ3v) is 4.40. The zero-order valence-corrected chi connectivity index (χ0v) is 16.2. The second kappa shape index (κ2) is 7.95. The summed E-state index contributed by atoms with van der Waals surface area (Å²) in [7, 11) is 0. The highest BCUT2D eigenvalue weighted by Crippen LogP contribution is 2.30. The van der Waals surface area contributed by atoms with E-state index in [1.807, 2.05) is 13.0 Å². The minimum atomic E-state index is -4.49. The fourth-order valence-electron chi connectivity index (χ4n) is 3.01. The molecule has 0 aliphatic carbocycles. The van der Waals surface area contributed by atoms with Crippen LogP contribution in [-0.2, 0) is 6.18 Å². The average molecular weight is 420 g/mol. The first-order valence-electron chi connectivity index (χ1n) is 9.21. The molecule has 0 unspecified atom stereocenters. The molecule has 5 nitrogen and oxygen atoms in total. The van der Waals surface area contributed by atoms with Crippen LogP contribution in [0, 0.1) is 18.8 Å². The molecule has 8 heteroatoms. The van der Waals surface area contributed by atoms with Crippen molar-refractivity contribution in [1.82, 2.24) is 14.6 Å². The first-order valence-corrected chi connectivity index (χ1v) is 9.21. The molecule has 0 saturated heterocycles. The molecular formula is C23H15F3N4O. The Morgan fingerprint density at radius 1 is 1.06 bits per heavy atom. The molecule has 0 saturated carbocycles. The third kappa shape index (κ3) is 4.56. The molecule has 0 bridgehead atoms. The second-order valence-corrected chi connectivity index (χ2v) is 6.81. The Hall–Kier alpha value is -4.12. The van der Waals surface area contributed by atoms with Gasteiger partial charge in [0, 0.05) is 23.0 Å². The van der Waals surface area contributed by atoms with E-state index in [0.717, 1.165) is 17.7 Å². The van der Waals surface area contributed by atoms with Gasteiger partial charge >= 0.3 is 6.18 Å². The third-order valence-electron chi connectivity index (χ3n) is 4.40. The van der Waals surface area contributed by atoms with Crippen LogP contribution >= 0.6 is 0 Å². The Labute approximate surface area is 175 Å². The predicted octanol–water partition coefficient (Wildman–Crippen LogP) is 4.71. The monoisotopic (exact) mass is 420 g/mol. The summed E-state index contributed by atoms with van der Waals surface area (Å²) < 4.78 is 40.3. The minimum Gasteiger partial charge on any atom is -0.322 e. The summed E-state index contributed by atoms with van der Waals surface area (Å²) in [5.41, 5.74) is 2.15. The van der Waals surface area contributed by atoms with E-state index in [0.29, 0.717) is 16.9 Å². The number of anilines is 1. The predicted molar refractivity (Wildman–Crippen MR) is 110 cm³/mol. The van der Waals surface area contributed by atoms with Crippen LogP contribution in [0.1, 0.15) is 32.7 Å². The number of carbonyl (C=O) groups is 1. The van der Waals surface area contributed by atoms with E-state index in [1.54, 1.807) is 41.2 Å². The molecule has 1 N–H and O–H groups in total. The standard InChI is InChI=1S/C23H15F3N4O/c1-15-10-16(7-8-20-14-27-21-6-3-9-28-30(20)21)12-17(11-15)22(31)29-19-5-2-4-18(13-19)23(24,25)26/h2-6,9-14H,1H3,(H,29,31). The Kier molecular flexibility index (Phi) is 5.17. The van der Waals surface area contributed by atoms with Crippen molar-refractivity contribution in [1.29, 1.82) is 0 Å². The van der Waals surface area contributed by atoms with Crippen molar-refractivity contribution in [2.75, 3.05) is 5.32 Å². The molecule has 0 spiro atoms. The van der Waals surface area contributed by atoms with Crippen molar-refractivity contribution in [2.45, 2.75) is 13.1 Å². The van der Waals surface area contributed by atoms with Crippen LogP contribution < -0.4 is 5.32 Å². The molecule has 0 aliphatic rings. The van der Waals surface area contributed by atoms with Crippen molar-refractivity contribution >= 4 is 17.2 Å². The van der Waals surface area contributed by atoms with Crippen LogP contribution in [-0.4, -0.2) is 20.5 Å². The minimum absolute atomic E-state index is 0.0609. The van der Waals surface area contributed by atoms with Gasteiger partial charge in [-0.1, -0.05) is 12.0 Å². The summed E-state index contributed by atoms with van der Waals surface area (Å²) in [6.45, 7) is 1.81. The second-order valence-electron chi connectivity index (χ2n) is 6.81. The summed E-state index contributed by atoms with van der Waals surface area (Å²) >= 11 is 0. The van der Waals surface area contributed by atoms with Gasteiger partial charge < -0.3 is 5.32 Å². The van der Waals surface area contributed by atoms with Crippen LogP contribution in [0.25, 0.3) is 5.65 Å². The van der Waals surface area contributed by atoms with Gasteiger partial charge in [-0.15, -0.1) is 0 Å². The van der Waals surface area contributed by atoms with Crippen LogP contribution in [0.15, 0.2) is 67.0 Å². The Morgan fingerprint density at radius 2 is 1.90 bits per heavy atom. The number of benzene rings is 2. The number of nitrogens with zero attached hydrogens (tertiary/aromatic N) is 3. The van der Waals surface area contributed by atoms with Gasteiger partial charge in [-0.3, -0.25) is 4.79 Å². The summed E-state index contributed by atoms with van der Waals surface area (Å²) in [4.78, 5) is 16.8. The van der Waals surface area contributed by atoms with E-state index < -0.39 is 17.6 Å². The first kappa shape index (κ1) is 20.2. The lowest BCUT2D eigenvalue weighted by Gasteiger charge is -2.10. The summed E-state index contributed by atoms with van der Waals surface area (Å²) in [6, 6.07) is 13.1. The highest BCUT2D eigenvalue weighted by molar-refractivity contribution is 6.04. The Balaban J connectivity index is 1.59. The van der Waals surface area contributed by atoms with Crippen LogP contribution in [0.2, 0.25) is 0 Å². The van der Waals surface area contributed by atoms with Crippen molar-refractivity contribution < 1.29 is 18.0 Å². The SMILES string of the molecule is Cc1cc(C#Cc2cnc3cccnn23)cc(C(=O)Nc2cccc(C(F)(F)F)c2)c1. The quantitative estimate of drug-likeness (QED) is 0.478. The first-order chi connectivity index (χ1) is 14.8. The zero-order chi connectivity index (χ0) is 22.0. The van der Waals surface area contributed by atoms with Gasteiger partial charge in [-0.2, -0.15) is 18.3 Å². The Bertz CT molecular complexity index is 1350. The maximum Gasteiger partial charge on any atom is 0.416 e. The number of aryl methyl sites for hydroxylation is 1. The molecule has 0 aliphatic heterocycles. The largest absolute Gasteiger partial charge is 0.416 e. The number of rotatable bonds is 2. The number of hydrogen-bond donors (Lipinski definition) is 1. The molecule has 4 rings (SSSR count). The topological polar surface area (TPSA) is 59.3 Å². The van der Waals surface area contributed by atoms with Crippen LogP contribution in [0.5, 0.6) is 0 Å². The van der Waals surface area contributed by atoms with E-state index in [9.17, 15) is 18.0 Å². The van der Waals surface area contributed by atoms with Crippen molar-refractivity contribution in [3.8, 4) is 11.8 Å². The summed E-state index contributed by atoms with van der Waals surface area (Å²) in [5, 5.41) is 6.70. The highest BCUT2D eigenvalue weighted by Gasteiger charge is 2.30. The van der Waals surface area contributed by atoms with Crippen molar-refractivity contribution in [3.05, 3.63) is 94.9 Å². The molecule has 0 radical (unpaired) electrons. The molecule has 154 valence electrons. The van der Waals surface area contributed by atoms with Crippen LogP contribution in [0.3, 0.4) is 0 Å². The van der Waals surface area contributed by atoms with E-state index >= 15 is 0 Å². The van der Waals surface area contributed by atoms with Gasteiger partial charge in [-0.25, -0.2) is 9.50 Å². The van der Waals surface area contributed by atoms with Gasteiger partial charge in [-0.05, 0) is 66.9 Å². The van der Waals surface area contributed by atoms with Gasteiger partial charge in [0.2, 0.25) is 0 Å². The number of carbonyl (C=O) groups excluding carboxylic acids is 1. The molecule has 2 aromatic carbocycles. The van der Waals surface area contributed by atoms with Gasteiger partial charge in [0.05, 0.1) is 11.8 Å². The summed E-state index contributed by atoms with van der Waals surface area (Å²) in [5.74, 6) is 5.45. The molecule has 1 amide bonds. The number of halogens is 3. The van der Waals surface area contributed by atoms with E-state index in [1.165, 1.54) is 12.1 Å². The lowest BCUT2D eigenvalue weighted by molar-refractivity contribution is -0.137. The van der Waals surface area contributed by atoms with E-state index in [-0.39, 0.29) is 11.3 Å². The van der Waals surface area contributed by atoms with Crippen molar-refractivity contribution in [2.24, 2.45) is 0 Å². The normalized spacial score (nSPS) is 11.1. The van der Waals surface area contributed by atoms with Gasteiger partial charge in [0.25, 0.3) is 5.91 Å². The molecule has 0 atom stereocenters. The zero-order valence-electron chi connectivity index (χ0n) is 16.2. The molecule has 2 aromatic heterocycles. The smallest absolute Gasteiger partial charge is 0.322 e. The van der Waals surface area contributed by atoms with E-state index in [2.05, 4.69) is 27.2 Å². The molecular weight excluding hydrogens is 405 g/mol. The van der Waals surface area contributed by atoms with E-state index in [4.69, 9.17) is 0 Å². The molecule has 31 heavy (non-hydrogen) atoms. The number of alkyl halides is 3. The van der Waals surface area contributed by atoms with Crippen molar-refractivity contribution in [3.63, 3.8) is 0 Å². The fourth-order valence-corrected chi connectivity index (χ4v) is 3.01. The lowest BCUT2D eigenvalue weighted by Crippen LogP contribution is -2.13. The number of nitrogens with one attached hydrogen (secondary N) is 1. The highest BCUT2D eigenvalue weighted by atomic mass is 19.4. The molecule has 4 aromatic rings. The number of amides is 1. The number of imidazole rings is 1. The average Bonchev–Trinajstić information content (AvgIpc) is 3.14. The maximum atomic E-state index is 12.9. The van der Waals surface area contributed by atoms with Gasteiger partial charge in [0.1, 0.15) is 5.69 Å². The number of fused-ring (bicyclic) bond motifs is 1. The molecule has 0 fully saturated rings. The molecule has 2 heterocycles. The maximum absolute atomic E-state index is 12.9.